The predicted molar refractivity (Wildman–Crippen MR) is 131 cm³/mol. The molecule has 2 aliphatic rings. The smallest absolute Gasteiger partial charge is 0.336 e. The molecule has 0 amide bonds. The lowest BCUT2D eigenvalue weighted by molar-refractivity contribution is -0.139. The van der Waals surface area contributed by atoms with Crippen molar-refractivity contribution in [2.24, 2.45) is 10.9 Å². The van der Waals surface area contributed by atoms with Gasteiger partial charge in [0.1, 0.15) is 12.4 Å². The van der Waals surface area contributed by atoms with Gasteiger partial charge in [-0.25, -0.2) is 4.79 Å². The van der Waals surface area contributed by atoms with Crippen molar-refractivity contribution < 1.29 is 23.8 Å². The molecule has 0 aromatic heterocycles. The Bertz CT molecular complexity index is 1150. The molecule has 1 fully saturated rings. The molecule has 1 aliphatic heterocycles. The molecule has 0 radical (unpaired) electrons. The second-order valence-electron chi connectivity index (χ2n) is 8.42. The lowest BCUT2D eigenvalue weighted by Gasteiger charge is -2.35. The van der Waals surface area contributed by atoms with Gasteiger partial charge >= 0.3 is 5.97 Å². The molecule has 0 N–H and O–H groups in total. The van der Waals surface area contributed by atoms with E-state index in [4.69, 9.17) is 25.8 Å². The summed E-state index contributed by atoms with van der Waals surface area (Å²) < 4.78 is 17.0. The van der Waals surface area contributed by atoms with E-state index in [9.17, 15) is 9.59 Å². The number of hydrogen-bond donors (Lipinski definition) is 0. The van der Waals surface area contributed by atoms with Crippen molar-refractivity contribution in [3.8, 4) is 11.5 Å². The second kappa shape index (κ2) is 10.4. The topological polar surface area (TPSA) is 74.2 Å². The minimum absolute atomic E-state index is 0.103. The van der Waals surface area contributed by atoms with Crippen LogP contribution in [-0.4, -0.2) is 31.2 Å². The lowest BCUT2D eigenvalue weighted by atomic mass is 9.69. The zero-order chi connectivity index (χ0) is 24.2. The van der Waals surface area contributed by atoms with Gasteiger partial charge in [-0.1, -0.05) is 29.8 Å². The number of aliphatic imine (C=N–C) groups is 1. The maximum absolute atomic E-state index is 13.0. The molecular weight excluding hydrogens is 454 g/mol. The van der Waals surface area contributed by atoms with Crippen LogP contribution in [0.5, 0.6) is 11.5 Å². The van der Waals surface area contributed by atoms with E-state index in [2.05, 4.69) is 4.99 Å². The van der Waals surface area contributed by atoms with E-state index in [0.29, 0.717) is 40.8 Å². The fraction of sp³-hybridized carbons (Fsp3) is 0.370. The summed E-state index contributed by atoms with van der Waals surface area (Å²) in [6, 6.07) is 13.0. The standard InChI is InChI=1S/C27H28ClNO5/c1-4-33-27(31)24-16(2)29-20-6-5-7-21(30)26(20)25(24)18-10-13-22(23(14-18)32-3)34-15-17-8-11-19(28)12-9-17/h8-14,25-26H,4-7,15H2,1-3H3. The van der Waals surface area contributed by atoms with Crippen LogP contribution in [0.25, 0.3) is 0 Å². The van der Waals surface area contributed by atoms with Gasteiger partial charge in [-0.05, 0) is 62.1 Å². The number of nitrogens with zero attached hydrogens (tertiary/aromatic N) is 1. The zero-order valence-electron chi connectivity index (χ0n) is 19.6. The number of ketones is 1. The molecule has 2 aromatic carbocycles. The molecule has 1 aliphatic carbocycles. The van der Waals surface area contributed by atoms with E-state index in [1.807, 2.05) is 49.4 Å². The first kappa shape index (κ1) is 24.0. The predicted octanol–water partition coefficient (Wildman–Crippen LogP) is 5.67. The molecule has 34 heavy (non-hydrogen) atoms. The number of allylic oxidation sites excluding steroid dienone is 1. The van der Waals surface area contributed by atoms with Crippen LogP contribution in [-0.2, 0) is 20.9 Å². The van der Waals surface area contributed by atoms with E-state index in [1.54, 1.807) is 14.0 Å². The average molecular weight is 482 g/mol. The van der Waals surface area contributed by atoms with Gasteiger partial charge in [0.25, 0.3) is 0 Å². The molecule has 0 bridgehead atoms. The number of methoxy groups -OCH3 is 1. The molecular formula is C27H28ClNO5. The summed E-state index contributed by atoms with van der Waals surface area (Å²) in [5.41, 5.74) is 3.65. The van der Waals surface area contributed by atoms with Gasteiger partial charge < -0.3 is 14.2 Å². The Kier molecular flexibility index (Phi) is 7.37. The van der Waals surface area contributed by atoms with E-state index >= 15 is 0 Å². The fourth-order valence-electron chi connectivity index (χ4n) is 4.69. The molecule has 4 rings (SSSR count). The summed E-state index contributed by atoms with van der Waals surface area (Å²) in [6.07, 6.45) is 2.01. The molecule has 0 saturated heterocycles. The van der Waals surface area contributed by atoms with Gasteiger partial charge in [0.2, 0.25) is 0 Å². The minimum atomic E-state index is -0.474. The number of hydrogen-bond acceptors (Lipinski definition) is 6. The third-order valence-electron chi connectivity index (χ3n) is 6.26. The first-order valence-corrected chi connectivity index (χ1v) is 11.8. The molecule has 2 atom stereocenters. The SMILES string of the molecule is CCOC(=O)C1=C(C)N=C2CCCC(=O)C2C1c1ccc(OCc2ccc(Cl)cc2)c(OC)c1. The Hall–Kier alpha value is -3.12. The summed E-state index contributed by atoms with van der Waals surface area (Å²) in [5, 5.41) is 0.666. The fourth-order valence-corrected chi connectivity index (χ4v) is 4.82. The van der Waals surface area contributed by atoms with Crippen LogP contribution in [0.3, 0.4) is 0 Å². The summed E-state index contributed by atoms with van der Waals surface area (Å²) in [6.45, 7) is 4.17. The number of carbonyl (C=O) groups is 2. The number of ether oxygens (including phenoxy) is 3. The van der Waals surface area contributed by atoms with Crippen LogP contribution in [0.4, 0.5) is 0 Å². The Balaban J connectivity index is 1.69. The van der Waals surface area contributed by atoms with Gasteiger partial charge in [0.05, 0.1) is 25.2 Å². The molecule has 7 heteroatoms. The van der Waals surface area contributed by atoms with Crippen molar-refractivity contribution in [3.63, 3.8) is 0 Å². The summed E-state index contributed by atoms with van der Waals surface area (Å²) >= 11 is 5.96. The number of esters is 1. The van der Waals surface area contributed by atoms with Crippen molar-refractivity contribution in [3.05, 3.63) is 69.9 Å². The van der Waals surface area contributed by atoms with Gasteiger partial charge in [-0.3, -0.25) is 9.79 Å². The third kappa shape index (κ3) is 4.87. The highest BCUT2D eigenvalue weighted by Gasteiger charge is 2.43. The number of carbonyl (C=O) groups excluding carboxylic acids is 2. The normalized spacial score (nSPS) is 19.9. The first-order chi connectivity index (χ1) is 16.4. The van der Waals surface area contributed by atoms with Crippen LogP contribution in [0.15, 0.2) is 58.7 Å². The monoisotopic (exact) mass is 481 g/mol. The maximum Gasteiger partial charge on any atom is 0.336 e. The summed E-state index contributed by atoms with van der Waals surface area (Å²) in [5.74, 6) is -0.181. The second-order valence-corrected chi connectivity index (χ2v) is 8.86. The van der Waals surface area contributed by atoms with Gasteiger partial charge in [-0.2, -0.15) is 0 Å². The van der Waals surface area contributed by atoms with Crippen molar-refractivity contribution in [2.75, 3.05) is 13.7 Å². The van der Waals surface area contributed by atoms with Gasteiger partial charge in [-0.15, -0.1) is 0 Å². The molecule has 178 valence electrons. The van der Waals surface area contributed by atoms with E-state index in [1.165, 1.54) is 0 Å². The van der Waals surface area contributed by atoms with E-state index in [-0.39, 0.29) is 12.4 Å². The van der Waals surface area contributed by atoms with Crippen molar-refractivity contribution in [1.29, 1.82) is 0 Å². The quantitative estimate of drug-likeness (QED) is 0.476. The largest absolute Gasteiger partial charge is 0.493 e. The number of Topliss-reactive ketones (excluding diaryl/α,β-unsaturated/α-hetero) is 1. The van der Waals surface area contributed by atoms with Crippen LogP contribution < -0.4 is 9.47 Å². The zero-order valence-corrected chi connectivity index (χ0v) is 20.4. The maximum atomic E-state index is 13.0. The Morgan fingerprint density at radius 2 is 1.85 bits per heavy atom. The molecule has 2 aromatic rings. The summed E-state index contributed by atoms with van der Waals surface area (Å²) in [4.78, 5) is 30.6. The highest BCUT2D eigenvalue weighted by Crippen LogP contribution is 2.45. The van der Waals surface area contributed by atoms with Crippen LogP contribution >= 0.6 is 11.6 Å². The highest BCUT2D eigenvalue weighted by molar-refractivity contribution is 6.30. The molecule has 0 spiro atoms. The minimum Gasteiger partial charge on any atom is -0.493 e. The third-order valence-corrected chi connectivity index (χ3v) is 6.51. The van der Waals surface area contributed by atoms with Gasteiger partial charge in [0.15, 0.2) is 11.5 Å². The average Bonchev–Trinajstić information content (AvgIpc) is 2.83. The Labute approximate surface area is 204 Å². The molecule has 6 nitrogen and oxygen atoms in total. The number of rotatable bonds is 7. The number of benzene rings is 2. The van der Waals surface area contributed by atoms with E-state index < -0.39 is 17.8 Å². The van der Waals surface area contributed by atoms with Crippen molar-refractivity contribution in [2.45, 2.75) is 45.6 Å². The van der Waals surface area contributed by atoms with Crippen LogP contribution in [0.1, 0.15) is 50.2 Å². The molecule has 2 unspecified atom stereocenters. The lowest BCUT2D eigenvalue weighted by Crippen LogP contribution is -2.39. The number of halogens is 1. The van der Waals surface area contributed by atoms with E-state index in [0.717, 1.165) is 29.7 Å². The molecule has 1 heterocycles. The Morgan fingerprint density at radius 1 is 1.09 bits per heavy atom. The molecule has 1 saturated carbocycles. The first-order valence-electron chi connectivity index (χ1n) is 11.5. The van der Waals surface area contributed by atoms with Crippen LogP contribution in [0, 0.1) is 5.92 Å². The van der Waals surface area contributed by atoms with Gasteiger partial charge in [0, 0.05) is 28.8 Å². The van der Waals surface area contributed by atoms with Crippen LogP contribution in [0.2, 0.25) is 5.02 Å². The number of fused-ring (bicyclic) bond motifs is 1. The summed E-state index contributed by atoms with van der Waals surface area (Å²) in [7, 11) is 1.57. The van der Waals surface area contributed by atoms with Crippen molar-refractivity contribution in [1.82, 2.24) is 0 Å². The Morgan fingerprint density at radius 3 is 2.56 bits per heavy atom. The van der Waals surface area contributed by atoms with Crippen molar-refractivity contribution >= 4 is 29.1 Å². The highest BCUT2D eigenvalue weighted by atomic mass is 35.5.